The number of furan rings is 1. The summed E-state index contributed by atoms with van der Waals surface area (Å²) in [5, 5.41) is 0.549. The second-order valence-corrected chi connectivity index (χ2v) is 4.99. The van der Waals surface area contributed by atoms with Gasteiger partial charge in [0.25, 0.3) is 0 Å². The molecule has 1 heterocycles. The van der Waals surface area contributed by atoms with Gasteiger partial charge in [-0.15, -0.1) is 0 Å². The number of halogens is 1. The number of carbonyl (C=O) groups excluding carboxylic acids is 2. The Morgan fingerprint density at radius 1 is 1.14 bits per heavy atom. The molecule has 1 aromatic carbocycles. The molecule has 2 rings (SSSR count). The average Bonchev–Trinajstić information content (AvgIpc) is 2.93. The van der Waals surface area contributed by atoms with Gasteiger partial charge >= 0.3 is 11.9 Å². The van der Waals surface area contributed by atoms with Crippen LogP contribution in [0.3, 0.4) is 0 Å². The molecule has 1 aromatic heterocycles. The van der Waals surface area contributed by atoms with Gasteiger partial charge in [-0.1, -0.05) is 23.7 Å². The van der Waals surface area contributed by atoms with Gasteiger partial charge in [0.1, 0.15) is 18.1 Å². The van der Waals surface area contributed by atoms with E-state index in [1.807, 2.05) is 18.2 Å². The van der Waals surface area contributed by atoms with Gasteiger partial charge in [0.15, 0.2) is 6.10 Å². The van der Waals surface area contributed by atoms with Crippen molar-refractivity contribution in [2.45, 2.75) is 20.0 Å². The molecule has 0 radical (unpaired) electrons. The molecule has 6 heteroatoms. The first-order valence-corrected chi connectivity index (χ1v) is 7.00. The van der Waals surface area contributed by atoms with Crippen LogP contribution in [-0.2, 0) is 19.1 Å². The van der Waals surface area contributed by atoms with Crippen LogP contribution in [0, 0.1) is 0 Å². The van der Waals surface area contributed by atoms with Crippen LogP contribution in [-0.4, -0.2) is 18.5 Å². The van der Waals surface area contributed by atoms with Crippen molar-refractivity contribution in [3.05, 3.63) is 47.2 Å². The number of carbonyl (C=O) groups is 2. The highest BCUT2D eigenvalue weighted by Crippen LogP contribution is 2.31. The SMILES string of the molecule is CC(=O)OC[C@@H](OC(C)=O)c1ccc(-c2ccccc2Cl)o1. The van der Waals surface area contributed by atoms with Crippen LogP contribution in [0.5, 0.6) is 0 Å². The molecule has 1 atom stereocenters. The van der Waals surface area contributed by atoms with E-state index in [1.54, 1.807) is 18.2 Å². The van der Waals surface area contributed by atoms with Crippen LogP contribution < -0.4 is 0 Å². The fourth-order valence-electron chi connectivity index (χ4n) is 1.90. The van der Waals surface area contributed by atoms with Crippen molar-refractivity contribution >= 4 is 23.5 Å². The Morgan fingerprint density at radius 2 is 1.86 bits per heavy atom. The number of benzene rings is 1. The van der Waals surface area contributed by atoms with Gasteiger partial charge in [0.05, 0.1) is 5.02 Å². The van der Waals surface area contributed by atoms with Crippen LogP contribution in [0.15, 0.2) is 40.8 Å². The van der Waals surface area contributed by atoms with Gasteiger partial charge in [0, 0.05) is 19.4 Å². The first-order chi connectivity index (χ1) is 10.5. The third kappa shape index (κ3) is 4.11. The molecular weight excluding hydrogens is 308 g/mol. The van der Waals surface area contributed by atoms with Gasteiger partial charge in [-0.25, -0.2) is 0 Å². The first-order valence-electron chi connectivity index (χ1n) is 6.62. The summed E-state index contributed by atoms with van der Waals surface area (Å²) in [6.45, 7) is 2.45. The lowest BCUT2D eigenvalue weighted by atomic mass is 10.2. The van der Waals surface area contributed by atoms with Crippen LogP contribution in [0.1, 0.15) is 25.7 Å². The van der Waals surface area contributed by atoms with Crippen molar-refractivity contribution in [2.24, 2.45) is 0 Å². The van der Waals surface area contributed by atoms with Gasteiger partial charge in [-0.3, -0.25) is 9.59 Å². The van der Waals surface area contributed by atoms with E-state index in [1.165, 1.54) is 13.8 Å². The largest absolute Gasteiger partial charge is 0.461 e. The molecule has 0 amide bonds. The van der Waals surface area contributed by atoms with Crippen LogP contribution in [0.2, 0.25) is 5.02 Å². The summed E-state index contributed by atoms with van der Waals surface area (Å²) in [5.41, 5.74) is 0.726. The topological polar surface area (TPSA) is 65.7 Å². The van der Waals surface area contributed by atoms with Crippen molar-refractivity contribution in [3.8, 4) is 11.3 Å². The molecule has 0 saturated carbocycles. The maximum atomic E-state index is 11.2. The molecule has 0 aliphatic carbocycles. The molecule has 116 valence electrons. The predicted octanol–water partition coefficient (Wildman–Crippen LogP) is 3.77. The molecule has 0 aliphatic heterocycles. The summed E-state index contributed by atoms with van der Waals surface area (Å²) in [7, 11) is 0. The standard InChI is InChI=1S/C16H15ClO5/c1-10(18)20-9-16(21-11(2)19)15-8-7-14(22-15)12-5-3-4-6-13(12)17/h3-8,16H,9H2,1-2H3/t16-/m1/s1. The van der Waals surface area contributed by atoms with E-state index in [0.717, 1.165) is 5.56 Å². The Hall–Kier alpha value is -2.27. The molecule has 0 aliphatic rings. The van der Waals surface area contributed by atoms with Gasteiger partial charge in [0.2, 0.25) is 0 Å². The highest BCUT2D eigenvalue weighted by atomic mass is 35.5. The zero-order valence-corrected chi connectivity index (χ0v) is 12.9. The predicted molar refractivity (Wildman–Crippen MR) is 80.3 cm³/mol. The Labute approximate surface area is 132 Å². The lowest BCUT2D eigenvalue weighted by Crippen LogP contribution is -2.15. The molecule has 0 spiro atoms. The maximum absolute atomic E-state index is 11.2. The van der Waals surface area contributed by atoms with Crippen molar-refractivity contribution in [3.63, 3.8) is 0 Å². The third-order valence-electron chi connectivity index (χ3n) is 2.83. The number of hydrogen-bond acceptors (Lipinski definition) is 5. The quantitative estimate of drug-likeness (QED) is 0.784. The Morgan fingerprint density at radius 3 is 2.50 bits per heavy atom. The van der Waals surface area contributed by atoms with Crippen LogP contribution >= 0.6 is 11.6 Å². The fourth-order valence-corrected chi connectivity index (χ4v) is 2.13. The summed E-state index contributed by atoms with van der Waals surface area (Å²) in [6.07, 6.45) is -0.794. The smallest absolute Gasteiger partial charge is 0.303 e. The molecule has 0 fully saturated rings. The molecule has 0 bridgehead atoms. The summed E-state index contributed by atoms with van der Waals surface area (Å²) < 4.78 is 15.7. The number of hydrogen-bond donors (Lipinski definition) is 0. The second-order valence-electron chi connectivity index (χ2n) is 4.58. The molecule has 0 saturated heterocycles. The highest BCUT2D eigenvalue weighted by Gasteiger charge is 2.21. The van der Waals surface area contributed by atoms with Crippen molar-refractivity contribution in [1.29, 1.82) is 0 Å². The second kappa shape index (κ2) is 7.13. The van der Waals surface area contributed by atoms with Gasteiger partial charge in [-0.05, 0) is 24.3 Å². The third-order valence-corrected chi connectivity index (χ3v) is 3.16. The van der Waals surface area contributed by atoms with E-state index in [-0.39, 0.29) is 6.61 Å². The fraction of sp³-hybridized carbons (Fsp3) is 0.250. The molecule has 2 aromatic rings. The Balaban J connectivity index is 2.24. The summed E-state index contributed by atoms with van der Waals surface area (Å²) in [6, 6.07) is 10.6. The number of ether oxygens (including phenoxy) is 2. The molecule has 22 heavy (non-hydrogen) atoms. The van der Waals surface area contributed by atoms with E-state index in [2.05, 4.69) is 0 Å². The molecular formula is C16H15ClO5. The van der Waals surface area contributed by atoms with Gasteiger partial charge in [-0.2, -0.15) is 0 Å². The minimum atomic E-state index is -0.794. The van der Waals surface area contributed by atoms with Crippen molar-refractivity contribution in [1.82, 2.24) is 0 Å². The normalized spacial score (nSPS) is 11.8. The average molecular weight is 323 g/mol. The van der Waals surface area contributed by atoms with Crippen molar-refractivity contribution < 1.29 is 23.5 Å². The molecule has 0 N–H and O–H groups in total. The zero-order chi connectivity index (χ0) is 16.1. The maximum Gasteiger partial charge on any atom is 0.303 e. The van der Waals surface area contributed by atoms with Crippen LogP contribution in [0.4, 0.5) is 0 Å². The van der Waals surface area contributed by atoms with Crippen LogP contribution in [0.25, 0.3) is 11.3 Å². The Kier molecular flexibility index (Phi) is 5.22. The van der Waals surface area contributed by atoms with E-state index in [9.17, 15) is 9.59 Å². The minimum Gasteiger partial charge on any atom is -0.461 e. The minimum absolute atomic E-state index is 0.107. The molecule has 0 unspecified atom stereocenters. The number of rotatable bonds is 5. The summed E-state index contributed by atoms with van der Waals surface area (Å²) in [4.78, 5) is 22.1. The number of esters is 2. The molecule has 5 nitrogen and oxygen atoms in total. The lowest BCUT2D eigenvalue weighted by molar-refractivity contribution is -0.157. The van der Waals surface area contributed by atoms with E-state index in [4.69, 9.17) is 25.5 Å². The lowest BCUT2D eigenvalue weighted by Gasteiger charge is -2.14. The first kappa shape index (κ1) is 16.1. The van der Waals surface area contributed by atoms with E-state index >= 15 is 0 Å². The van der Waals surface area contributed by atoms with E-state index in [0.29, 0.717) is 16.5 Å². The summed E-state index contributed by atoms with van der Waals surface area (Å²) in [5.74, 6) is -0.0326. The monoisotopic (exact) mass is 322 g/mol. The van der Waals surface area contributed by atoms with Gasteiger partial charge < -0.3 is 13.9 Å². The van der Waals surface area contributed by atoms with E-state index < -0.39 is 18.0 Å². The zero-order valence-electron chi connectivity index (χ0n) is 12.2. The highest BCUT2D eigenvalue weighted by molar-refractivity contribution is 6.33. The summed E-state index contributed by atoms with van der Waals surface area (Å²) >= 11 is 6.12. The van der Waals surface area contributed by atoms with Crippen molar-refractivity contribution in [2.75, 3.05) is 6.61 Å². The Bertz CT molecular complexity index is 677.